The fourth-order valence-electron chi connectivity index (χ4n) is 3.81. The number of carboxylic acid groups (broad SMARTS) is 1. The maximum Gasteiger partial charge on any atom is 0.335 e. The molecule has 0 aliphatic carbocycles. The van der Waals surface area contributed by atoms with Crippen LogP contribution in [0.3, 0.4) is 0 Å². The molecular formula is C26H19N5O4S2. The van der Waals surface area contributed by atoms with Crippen molar-refractivity contribution in [2.24, 2.45) is 0 Å². The van der Waals surface area contributed by atoms with Crippen LogP contribution in [0, 0.1) is 6.92 Å². The lowest BCUT2D eigenvalue weighted by molar-refractivity contribution is 0.0697. The molecule has 6 rings (SSSR count). The van der Waals surface area contributed by atoms with Gasteiger partial charge in [-0.25, -0.2) is 24.3 Å². The Labute approximate surface area is 218 Å². The van der Waals surface area contributed by atoms with Crippen molar-refractivity contribution >= 4 is 44.5 Å². The van der Waals surface area contributed by atoms with E-state index in [4.69, 9.17) is 19.6 Å². The Morgan fingerprint density at radius 2 is 1.89 bits per heavy atom. The van der Waals surface area contributed by atoms with Crippen LogP contribution in [0.2, 0.25) is 0 Å². The van der Waals surface area contributed by atoms with E-state index in [-0.39, 0.29) is 12.2 Å². The molecule has 0 spiro atoms. The van der Waals surface area contributed by atoms with E-state index in [9.17, 15) is 4.79 Å². The molecule has 11 heteroatoms. The van der Waals surface area contributed by atoms with Crippen molar-refractivity contribution < 1.29 is 19.4 Å². The second-order valence-corrected chi connectivity index (χ2v) is 10.1. The van der Waals surface area contributed by atoms with Gasteiger partial charge in [-0.3, -0.25) is 0 Å². The standard InChI is InChI=1S/C26H19N5O4S2/c1-14-3-8-22-28-20(11-31(22)30-14)25-29-19-9-18(34-2)10-21(23(19)37-25)35-12-17-13-36-24(27-17)15-4-6-16(7-5-15)26(32)33/h3-11,13H,12H2,1-2H3,(H,32,33). The summed E-state index contributed by atoms with van der Waals surface area (Å²) in [4.78, 5) is 25.2. The first-order valence-corrected chi connectivity index (χ1v) is 12.9. The number of aromatic carboxylic acids is 1. The van der Waals surface area contributed by atoms with E-state index in [1.807, 2.05) is 42.8 Å². The molecule has 0 radical (unpaired) electrons. The zero-order valence-electron chi connectivity index (χ0n) is 19.7. The molecule has 184 valence electrons. The zero-order chi connectivity index (χ0) is 25.5. The highest BCUT2D eigenvalue weighted by Crippen LogP contribution is 2.39. The number of methoxy groups -OCH3 is 1. The van der Waals surface area contributed by atoms with Gasteiger partial charge in [0.1, 0.15) is 33.8 Å². The van der Waals surface area contributed by atoms with Crippen molar-refractivity contribution in [1.82, 2.24) is 24.6 Å². The van der Waals surface area contributed by atoms with Gasteiger partial charge in [0.05, 0.1) is 40.5 Å². The summed E-state index contributed by atoms with van der Waals surface area (Å²) in [6, 6.07) is 14.2. The van der Waals surface area contributed by atoms with Crippen LogP contribution in [-0.4, -0.2) is 42.8 Å². The summed E-state index contributed by atoms with van der Waals surface area (Å²) in [5.74, 6) is 0.337. The third kappa shape index (κ3) is 4.50. The maximum atomic E-state index is 11.1. The number of benzene rings is 2. The molecule has 0 fully saturated rings. The summed E-state index contributed by atoms with van der Waals surface area (Å²) in [7, 11) is 1.61. The minimum absolute atomic E-state index is 0.241. The van der Waals surface area contributed by atoms with Gasteiger partial charge in [0.15, 0.2) is 5.65 Å². The maximum absolute atomic E-state index is 11.1. The molecule has 9 nitrogen and oxygen atoms in total. The van der Waals surface area contributed by atoms with Crippen LogP contribution in [0.15, 0.2) is 60.1 Å². The van der Waals surface area contributed by atoms with E-state index in [2.05, 4.69) is 15.1 Å². The van der Waals surface area contributed by atoms with E-state index in [1.165, 1.54) is 22.7 Å². The van der Waals surface area contributed by atoms with Crippen molar-refractivity contribution in [3.05, 3.63) is 77.1 Å². The van der Waals surface area contributed by atoms with Crippen molar-refractivity contribution in [1.29, 1.82) is 0 Å². The molecule has 37 heavy (non-hydrogen) atoms. The minimum Gasteiger partial charge on any atom is -0.497 e. The van der Waals surface area contributed by atoms with Crippen molar-refractivity contribution in [3.63, 3.8) is 0 Å². The van der Waals surface area contributed by atoms with E-state index in [0.29, 0.717) is 11.5 Å². The van der Waals surface area contributed by atoms with Crippen molar-refractivity contribution in [2.75, 3.05) is 7.11 Å². The Bertz CT molecular complexity index is 1770. The largest absolute Gasteiger partial charge is 0.497 e. The molecule has 4 aromatic heterocycles. The van der Waals surface area contributed by atoms with Gasteiger partial charge in [-0.15, -0.1) is 22.7 Å². The molecule has 6 aromatic rings. The lowest BCUT2D eigenvalue weighted by Crippen LogP contribution is -1.97. The number of fused-ring (bicyclic) bond motifs is 2. The number of nitrogens with zero attached hydrogens (tertiary/aromatic N) is 5. The van der Waals surface area contributed by atoms with Gasteiger partial charge in [0.25, 0.3) is 0 Å². The predicted molar refractivity (Wildman–Crippen MR) is 142 cm³/mol. The van der Waals surface area contributed by atoms with Crippen LogP contribution >= 0.6 is 22.7 Å². The van der Waals surface area contributed by atoms with Crippen molar-refractivity contribution in [2.45, 2.75) is 13.5 Å². The number of ether oxygens (including phenoxy) is 2. The Morgan fingerprint density at radius 1 is 1.05 bits per heavy atom. The first kappa shape index (κ1) is 23.1. The molecule has 0 atom stereocenters. The number of aryl methyl sites for hydroxylation is 1. The summed E-state index contributed by atoms with van der Waals surface area (Å²) < 4.78 is 14.3. The highest BCUT2D eigenvalue weighted by molar-refractivity contribution is 7.22. The van der Waals surface area contributed by atoms with Crippen LogP contribution < -0.4 is 9.47 Å². The Balaban J connectivity index is 1.27. The number of rotatable bonds is 7. The fraction of sp³-hybridized carbons (Fsp3) is 0.115. The van der Waals surface area contributed by atoms with Crippen LogP contribution in [0.4, 0.5) is 0 Å². The molecule has 0 unspecified atom stereocenters. The van der Waals surface area contributed by atoms with Crippen LogP contribution in [0.1, 0.15) is 21.7 Å². The Hall–Kier alpha value is -4.35. The number of carboxylic acids is 1. The van der Waals surface area contributed by atoms with Gasteiger partial charge < -0.3 is 14.6 Å². The second kappa shape index (κ2) is 9.26. The van der Waals surface area contributed by atoms with Crippen LogP contribution in [0.5, 0.6) is 11.5 Å². The average Bonchev–Trinajstić information content (AvgIpc) is 3.64. The molecule has 0 bridgehead atoms. The van der Waals surface area contributed by atoms with Crippen LogP contribution in [0.25, 0.3) is 37.1 Å². The molecule has 0 amide bonds. The smallest absolute Gasteiger partial charge is 0.335 e. The quantitative estimate of drug-likeness (QED) is 0.279. The first-order valence-electron chi connectivity index (χ1n) is 11.2. The van der Waals surface area contributed by atoms with Crippen molar-refractivity contribution in [3.8, 4) is 32.8 Å². The number of imidazole rings is 1. The SMILES string of the molecule is COc1cc(OCc2csc(-c3ccc(C(=O)O)cc3)n2)c2sc(-c3cn4nc(C)ccc4n3)nc2c1. The lowest BCUT2D eigenvalue weighted by Gasteiger charge is -2.07. The zero-order valence-corrected chi connectivity index (χ0v) is 21.3. The number of carbonyl (C=O) groups is 1. The average molecular weight is 530 g/mol. The second-order valence-electron chi connectivity index (χ2n) is 8.21. The van der Waals surface area contributed by atoms with Gasteiger partial charge in [-0.2, -0.15) is 5.10 Å². The molecular weight excluding hydrogens is 510 g/mol. The minimum atomic E-state index is -0.955. The molecule has 0 saturated heterocycles. The summed E-state index contributed by atoms with van der Waals surface area (Å²) in [5, 5.41) is 17.1. The number of hydrogen-bond acceptors (Lipinski definition) is 9. The third-order valence-electron chi connectivity index (χ3n) is 5.64. The van der Waals surface area contributed by atoms with E-state index >= 15 is 0 Å². The van der Waals surface area contributed by atoms with Gasteiger partial charge in [-0.1, -0.05) is 12.1 Å². The fourth-order valence-corrected chi connectivity index (χ4v) is 5.58. The van der Waals surface area contributed by atoms with E-state index in [1.54, 1.807) is 35.9 Å². The van der Waals surface area contributed by atoms with Gasteiger partial charge in [0, 0.05) is 23.1 Å². The topological polar surface area (TPSA) is 112 Å². The summed E-state index contributed by atoms with van der Waals surface area (Å²) in [6.45, 7) is 2.20. The Morgan fingerprint density at radius 3 is 2.68 bits per heavy atom. The van der Waals surface area contributed by atoms with Gasteiger partial charge >= 0.3 is 5.97 Å². The number of hydrogen-bond donors (Lipinski definition) is 1. The van der Waals surface area contributed by atoms with Gasteiger partial charge in [0.2, 0.25) is 0 Å². The summed E-state index contributed by atoms with van der Waals surface area (Å²) >= 11 is 2.97. The lowest BCUT2D eigenvalue weighted by atomic mass is 10.1. The number of aromatic nitrogens is 5. The molecule has 4 heterocycles. The van der Waals surface area contributed by atoms with E-state index in [0.717, 1.165) is 48.5 Å². The molecule has 1 N–H and O–H groups in total. The van der Waals surface area contributed by atoms with Gasteiger partial charge in [-0.05, 0) is 31.2 Å². The highest BCUT2D eigenvalue weighted by Gasteiger charge is 2.16. The normalized spacial score (nSPS) is 11.3. The first-order chi connectivity index (χ1) is 18.0. The summed E-state index contributed by atoms with van der Waals surface area (Å²) in [6.07, 6.45) is 1.87. The van der Waals surface area contributed by atoms with E-state index < -0.39 is 5.97 Å². The molecule has 0 aliphatic heterocycles. The molecule has 2 aromatic carbocycles. The number of thiazole rings is 2. The summed E-state index contributed by atoms with van der Waals surface area (Å²) in [5.41, 5.74) is 5.02. The third-order valence-corrected chi connectivity index (χ3v) is 7.69. The molecule has 0 aliphatic rings. The monoisotopic (exact) mass is 529 g/mol. The molecule has 0 saturated carbocycles. The Kier molecular flexibility index (Phi) is 5.78. The van der Waals surface area contributed by atoms with Crippen LogP contribution in [-0.2, 0) is 6.61 Å². The highest BCUT2D eigenvalue weighted by atomic mass is 32.1. The predicted octanol–water partition coefficient (Wildman–Crippen LogP) is 5.72.